The minimum atomic E-state index is 0.0475. The molecule has 0 spiro atoms. The normalized spacial score (nSPS) is 25.9. The number of nitrogens with one attached hydrogen (secondary N) is 2. The Morgan fingerprint density at radius 2 is 2.05 bits per heavy atom. The highest BCUT2D eigenvalue weighted by Crippen LogP contribution is 2.28. The van der Waals surface area contributed by atoms with E-state index in [0.29, 0.717) is 5.92 Å². The molecular weight excluding hydrogens is 248 g/mol. The third-order valence-corrected chi connectivity index (χ3v) is 4.82. The summed E-state index contributed by atoms with van der Waals surface area (Å²) in [4.78, 5) is 12.4. The van der Waals surface area contributed by atoms with Gasteiger partial charge in [0.15, 0.2) is 0 Å². The lowest BCUT2D eigenvalue weighted by Crippen LogP contribution is -2.44. The summed E-state index contributed by atoms with van der Waals surface area (Å²) in [6.07, 6.45) is 6.06. The average Bonchev–Trinajstić information content (AvgIpc) is 2.97. The maximum Gasteiger partial charge on any atom is 0.225 e. The SMILES string of the molecule is CC1Nc2ccccc2CC1C(=O)NCC1CCCC1. The Morgan fingerprint density at radius 1 is 1.30 bits per heavy atom. The van der Waals surface area contributed by atoms with Gasteiger partial charge in [-0.3, -0.25) is 4.79 Å². The zero-order valence-electron chi connectivity index (χ0n) is 12.2. The molecule has 3 nitrogen and oxygen atoms in total. The summed E-state index contributed by atoms with van der Waals surface area (Å²) in [7, 11) is 0. The van der Waals surface area contributed by atoms with Crippen molar-refractivity contribution in [3.63, 3.8) is 0 Å². The molecule has 108 valence electrons. The second-order valence-electron chi connectivity index (χ2n) is 6.30. The first-order valence-electron chi connectivity index (χ1n) is 7.86. The number of fused-ring (bicyclic) bond motifs is 1. The van der Waals surface area contributed by atoms with E-state index in [1.54, 1.807) is 0 Å². The number of benzene rings is 1. The second-order valence-corrected chi connectivity index (χ2v) is 6.30. The summed E-state index contributed by atoms with van der Waals surface area (Å²) < 4.78 is 0. The van der Waals surface area contributed by atoms with Crippen LogP contribution in [0.4, 0.5) is 5.69 Å². The van der Waals surface area contributed by atoms with E-state index < -0.39 is 0 Å². The molecule has 3 rings (SSSR count). The Bertz CT molecular complexity index is 480. The van der Waals surface area contributed by atoms with Crippen molar-refractivity contribution < 1.29 is 4.79 Å². The number of amides is 1. The first-order chi connectivity index (χ1) is 9.74. The van der Waals surface area contributed by atoms with Gasteiger partial charge in [0.1, 0.15) is 0 Å². The Labute approximate surface area is 121 Å². The second kappa shape index (κ2) is 5.86. The lowest BCUT2D eigenvalue weighted by molar-refractivity contribution is -0.125. The topological polar surface area (TPSA) is 41.1 Å². The number of rotatable bonds is 3. The highest BCUT2D eigenvalue weighted by molar-refractivity contribution is 5.81. The molecule has 2 aliphatic rings. The zero-order valence-corrected chi connectivity index (χ0v) is 12.2. The molecule has 0 bridgehead atoms. The van der Waals surface area contributed by atoms with Gasteiger partial charge in [-0.15, -0.1) is 0 Å². The highest BCUT2D eigenvalue weighted by atomic mass is 16.1. The van der Waals surface area contributed by atoms with Gasteiger partial charge in [0.05, 0.1) is 5.92 Å². The first kappa shape index (κ1) is 13.5. The van der Waals surface area contributed by atoms with Crippen LogP contribution in [0.25, 0.3) is 0 Å². The first-order valence-corrected chi connectivity index (χ1v) is 7.86. The third kappa shape index (κ3) is 2.82. The van der Waals surface area contributed by atoms with E-state index in [9.17, 15) is 4.79 Å². The summed E-state index contributed by atoms with van der Waals surface area (Å²) in [5, 5.41) is 6.63. The summed E-state index contributed by atoms with van der Waals surface area (Å²) in [6, 6.07) is 8.50. The van der Waals surface area contributed by atoms with Gasteiger partial charge in [0.2, 0.25) is 5.91 Å². The minimum Gasteiger partial charge on any atom is -0.382 e. The monoisotopic (exact) mass is 272 g/mol. The summed E-state index contributed by atoms with van der Waals surface area (Å²) in [5.41, 5.74) is 2.44. The van der Waals surface area contributed by atoms with Crippen molar-refractivity contribution in [2.24, 2.45) is 11.8 Å². The van der Waals surface area contributed by atoms with Crippen LogP contribution in [0.5, 0.6) is 0 Å². The maximum absolute atomic E-state index is 12.4. The summed E-state index contributed by atoms with van der Waals surface area (Å²) in [6.45, 7) is 2.97. The van der Waals surface area contributed by atoms with E-state index in [4.69, 9.17) is 0 Å². The molecule has 1 aliphatic carbocycles. The molecule has 1 aromatic carbocycles. The van der Waals surface area contributed by atoms with Crippen LogP contribution in [0, 0.1) is 11.8 Å². The number of para-hydroxylation sites is 1. The van der Waals surface area contributed by atoms with Crippen molar-refractivity contribution in [1.82, 2.24) is 5.32 Å². The highest BCUT2D eigenvalue weighted by Gasteiger charge is 2.30. The van der Waals surface area contributed by atoms with E-state index in [1.807, 2.05) is 12.1 Å². The lowest BCUT2D eigenvalue weighted by atomic mass is 9.87. The fourth-order valence-electron chi connectivity index (χ4n) is 3.51. The lowest BCUT2D eigenvalue weighted by Gasteiger charge is -2.31. The maximum atomic E-state index is 12.4. The number of carbonyl (C=O) groups excluding carboxylic acids is 1. The molecular formula is C17H24N2O. The van der Waals surface area contributed by atoms with Gasteiger partial charge >= 0.3 is 0 Å². The summed E-state index contributed by atoms with van der Waals surface area (Å²) >= 11 is 0. The molecule has 1 amide bonds. The quantitative estimate of drug-likeness (QED) is 0.888. The molecule has 3 heteroatoms. The minimum absolute atomic E-state index is 0.0475. The van der Waals surface area contributed by atoms with Crippen LogP contribution >= 0.6 is 0 Å². The predicted octanol–water partition coefficient (Wildman–Crippen LogP) is 2.97. The smallest absolute Gasteiger partial charge is 0.225 e. The zero-order chi connectivity index (χ0) is 13.9. The molecule has 1 aliphatic heterocycles. The van der Waals surface area contributed by atoms with Crippen LogP contribution in [0.2, 0.25) is 0 Å². The molecule has 2 N–H and O–H groups in total. The van der Waals surface area contributed by atoms with E-state index in [-0.39, 0.29) is 17.9 Å². The van der Waals surface area contributed by atoms with Crippen LogP contribution in [-0.2, 0) is 11.2 Å². The molecule has 1 heterocycles. The Balaban J connectivity index is 1.60. The van der Waals surface area contributed by atoms with E-state index in [2.05, 4.69) is 29.7 Å². The molecule has 0 saturated heterocycles. The van der Waals surface area contributed by atoms with Crippen LogP contribution in [-0.4, -0.2) is 18.5 Å². The van der Waals surface area contributed by atoms with E-state index >= 15 is 0 Å². The van der Waals surface area contributed by atoms with Crippen molar-refractivity contribution in [1.29, 1.82) is 0 Å². The molecule has 0 radical (unpaired) electrons. The fourth-order valence-corrected chi connectivity index (χ4v) is 3.51. The molecule has 1 aromatic rings. The predicted molar refractivity (Wildman–Crippen MR) is 81.7 cm³/mol. The van der Waals surface area contributed by atoms with Crippen LogP contribution in [0.3, 0.4) is 0 Å². The third-order valence-electron chi connectivity index (χ3n) is 4.82. The van der Waals surface area contributed by atoms with Gasteiger partial charge in [-0.2, -0.15) is 0 Å². The van der Waals surface area contributed by atoms with Crippen molar-refractivity contribution in [2.45, 2.75) is 45.1 Å². The largest absolute Gasteiger partial charge is 0.382 e. The summed E-state index contributed by atoms with van der Waals surface area (Å²) in [5.74, 6) is 0.968. The fraction of sp³-hybridized carbons (Fsp3) is 0.588. The Kier molecular flexibility index (Phi) is 3.95. The van der Waals surface area contributed by atoms with E-state index in [1.165, 1.54) is 36.9 Å². The van der Waals surface area contributed by atoms with Gasteiger partial charge in [0, 0.05) is 18.3 Å². The van der Waals surface area contributed by atoms with Crippen LogP contribution in [0.1, 0.15) is 38.2 Å². The molecule has 1 fully saturated rings. The van der Waals surface area contributed by atoms with E-state index in [0.717, 1.165) is 13.0 Å². The van der Waals surface area contributed by atoms with Crippen molar-refractivity contribution >= 4 is 11.6 Å². The van der Waals surface area contributed by atoms with Gasteiger partial charge < -0.3 is 10.6 Å². The number of carbonyl (C=O) groups is 1. The van der Waals surface area contributed by atoms with Crippen LogP contribution in [0.15, 0.2) is 24.3 Å². The molecule has 0 aromatic heterocycles. The number of anilines is 1. The molecule has 20 heavy (non-hydrogen) atoms. The van der Waals surface area contributed by atoms with Gasteiger partial charge in [-0.05, 0) is 43.7 Å². The molecule has 2 unspecified atom stereocenters. The van der Waals surface area contributed by atoms with Crippen molar-refractivity contribution in [3.05, 3.63) is 29.8 Å². The van der Waals surface area contributed by atoms with Gasteiger partial charge in [-0.1, -0.05) is 31.0 Å². The average molecular weight is 272 g/mol. The number of hydrogen-bond acceptors (Lipinski definition) is 2. The van der Waals surface area contributed by atoms with Crippen LogP contribution < -0.4 is 10.6 Å². The standard InChI is InChI=1S/C17H24N2O/c1-12-15(10-14-8-4-5-9-16(14)19-12)17(20)18-11-13-6-2-3-7-13/h4-5,8-9,12-13,15,19H,2-3,6-7,10-11H2,1H3,(H,18,20). The number of hydrogen-bond donors (Lipinski definition) is 2. The van der Waals surface area contributed by atoms with Crippen molar-refractivity contribution in [2.75, 3.05) is 11.9 Å². The van der Waals surface area contributed by atoms with Gasteiger partial charge in [0.25, 0.3) is 0 Å². The van der Waals surface area contributed by atoms with Gasteiger partial charge in [-0.25, -0.2) is 0 Å². The van der Waals surface area contributed by atoms with Crippen molar-refractivity contribution in [3.8, 4) is 0 Å². The Morgan fingerprint density at radius 3 is 2.85 bits per heavy atom. The Hall–Kier alpha value is -1.51. The molecule has 2 atom stereocenters. The molecule has 1 saturated carbocycles.